The van der Waals surface area contributed by atoms with Gasteiger partial charge in [-0.2, -0.15) is 6.07 Å². The van der Waals surface area contributed by atoms with Crippen LogP contribution >= 0.6 is 0 Å². The normalized spacial score (nSPS) is 8.80. The van der Waals surface area contributed by atoms with E-state index >= 15 is 0 Å². The molecule has 0 saturated heterocycles. The van der Waals surface area contributed by atoms with Gasteiger partial charge >= 0.3 is 19.5 Å². The molecule has 0 bridgehead atoms. The zero-order chi connectivity index (χ0) is 25.8. The van der Waals surface area contributed by atoms with Crippen LogP contribution in [-0.2, 0) is 26.0 Å². The summed E-state index contributed by atoms with van der Waals surface area (Å²) in [4.78, 5) is 10.4. The summed E-state index contributed by atoms with van der Waals surface area (Å²) in [7, 11) is 8.79. The first-order valence-corrected chi connectivity index (χ1v) is 10.4. The zero-order valence-electron chi connectivity index (χ0n) is 21.4. The SMILES string of the molecule is CC=[N-].CC=[N-].COc1c[c-]c(CN(C)C)c(OC)c1OC.[Ru+4].c1ccc(-c2ccccn2)nc1. The molecule has 188 valence electrons. The van der Waals surface area contributed by atoms with Crippen LogP contribution in [0.5, 0.6) is 17.2 Å². The van der Waals surface area contributed by atoms with Crippen molar-refractivity contribution in [2.45, 2.75) is 20.4 Å². The molecule has 0 N–H and O–H groups in total. The van der Waals surface area contributed by atoms with E-state index in [0.29, 0.717) is 17.2 Å². The number of methoxy groups -OCH3 is 3. The van der Waals surface area contributed by atoms with Crippen molar-refractivity contribution < 1.29 is 33.7 Å². The third-order valence-electron chi connectivity index (χ3n) is 3.78. The van der Waals surface area contributed by atoms with Gasteiger partial charge in [0.15, 0.2) is 0 Å². The van der Waals surface area contributed by atoms with E-state index in [1.54, 1.807) is 53.6 Å². The van der Waals surface area contributed by atoms with E-state index in [-0.39, 0.29) is 19.5 Å². The average Bonchev–Trinajstić information content (AvgIpc) is 2.86. The molecule has 8 nitrogen and oxygen atoms in total. The molecular weight excluding hydrogens is 531 g/mol. The average molecular weight is 566 g/mol. The molecule has 0 atom stereocenters. The van der Waals surface area contributed by atoms with E-state index in [2.05, 4.69) is 16.0 Å². The molecule has 3 rings (SSSR count). The maximum absolute atomic E-state index is 7.44. The smallest absolute Gasteiger partial charge is 0.814 e. The first kappa shape index (κ1) is 34.0. The van der Waals surface area contributed by atoms with Gasteiger partial charge in [-0.15, -0.1) is 11.6 Å². The number of hydrogen-bond donors (Lipinski definition) is 0. The summed E-state index contributed by atoms with van der Waals surface area (Å²) in [6.07, 6.45) is 5.54. The summed E-state index contributed by atoms with van der Waals surface area (Å²) in [5.41, 5.74) is 2.78. The van der Waals surface area contributed by atoms with Gasteiger partial charge in [-0.05, 0) is 38.4 Å². The zero-order valence-corrected chi connectivity index (χ0v) is 23.1. The molecule has 0 spiro atoms. The quantitative estimate of drug-likeness (QED) is 0.237. The second kappa shape index (κ2) is 21.4. The minimum atomic E-state index is 0. The molecular formula is C26H34N5O3Ru+. The van der Waals surface area contributed by atoms with Gasteiger partial charge in [0.1, 0.15) is 0 Å². The van der Waals surface area contributed by atoms with Gasteiger partial charge in [0.25, 0.3) is 0 Å². The molecule has 0 aliphatic rings. The Morgan fingerprint density at radius 1 is 0.829 bits per heavy atom. The van der Waals surface area contributed by atoms with Crippen molar-refractivity contribution in [1.29, 1.82) is 0 Å². The van der Waals surface area contributed by atoms with Crippen molar-refractivity contribution in [3.63, 3.8) is 0 Å². The number of benzene rings is 1. The topological polar surface area (TPSA) is 101 Å². The molecule has 3 aromatic rings. The van der Waals surface area contributed by atoms with E-state index in [1.807, 2.05) is 55.4 Å². The van der Waals surface area contributed by atoms with Gasteiger partial charge in [-0.1, -0.05) is 26.0 Å². The predicted octanol–water partition coefficient (Wildman–Crippen LogP) is 5.01. The molecule has 35 heavy (non-hydrogen) atoms. The Kier molecular flexibility index (Phi) is 20.8. The summed E-state index contributed by atoms with van der Waals surface area (Å²) in [6.45, 7) is 3.85. The van der Waals surface area contributed by atoms with Crippen LogP contribution in [0.2, 0.25) is 0 Å². The van der Waals surface area contributed by atoms with Crippen molar-refractivity contribution in [3.8, 4) is 28.6 Å². The molecule has 2 aromatic heterocycles. The van der Waals surface area contributed by atoms with E-state index in [1.165, 1.54) is 0 Å². The molecule has 1 aromatic carbocycles. The second-order valence-corrected chi connectivity index (χ2v) is 6.59. The van der Waals surface area contributed by atoms with Crippen molar-refractivity contribution in [2.75, 3.05) is 35.4 Å². The van der Waals surface area contributed by atoms with Crippen molar-refractivity contribution in [1.82, 2.24) is 14.9 Å². The molecule has 0 saturated carbocycles. The molecule has 0 aliphatic heterocycles. The third-order valence-corrected chi connectivity index (χ3v) is 3.78. The molecule has 0 aliphatic carbocycles. The second-order valence-electron chi connectivity index (χ2n) is 6.59. The van der Waals surface area contributed by atoms with Crippen molar-refractivity contribution in [2.24, 2.45) is 0 Å². The van der Waals surface area contributed by atoms with Crippen LogP contribution in [0.15, 0.2) is 54.9 Å². The molecule has 2 heterocycles. The van der Waals surface area contributed by atoms with Crippen LogP contribution < -0.4 is 14.2 Å². The summed E-state index contributed by atoms with van der Waals surface area (Å²) in [5.74, 6) is 1.91. The van der Waals surface area contributed by atoms with Gasteiger partial charge in [-0.3, -0.25) is 9.97 Å². The minimum absolute atomic E-state index is 0. The van der Waals surface area contributed by atoms with Crippen LogP contribution in [0.4, 0.5) is 0 Å². The Bertz CT molecular complexity index is 899. The summed E-state index contributed by atoms with van der Waals surface area (Å²) in [5, 5.41) is 14.9. The Morgan fingerprint density at radius 2 is 1.29 bits per heavy atom. The maximum atomic E-state index is 7.44. The molecule has 0 amide bonds. The standard InChI is InChI=1S/C12H18NO3.C10H8N2.2C2H4N.Ru/c1-13(2)8-9-6-7-10(14-3)12(16-5)11(9)15-4;1-3-7-11-9(5-1)10-6-2-4-8-12-10;2*1-2-3;/h7H,8H2,1-5H3;1-8H;2*2H,1H3;/q-1;;2*-1;+4. The van der Waals surface area contributed by atoms with E-state index in [0.717, 1.165) is 35.9 Å². The summed E-state index contributed by atoms with van der Waals surface area (Å²) >= 11 is 0. The fraction of sp³-hybridized carbons (Fsp3) is 0.308. The number of rotatable bonds is 6. The maximum Gasteiger partial charge on any atom is 4.00 e. The predicted molar refractivity (Wildman–Crippen MR) is 140 cm³/mol. The molecule has 0 unspecified atom stereocenters. The largest absolute Gasteiger partial charge is 4.00 e. The van der Waals surface area contributed by atoms with Gasteiger partial charge in [0.05, 0.1) is 50.0 Å². The summed E-state index contributed by atoms with van der Waals surface area (Å²) in [6, 6.07) is 16.5. The fourth-order valence-corrected chi connectivity index (χ4v) is 2.56. The third kappa shape index (κ3) is 13.3. The Hall–Kier alpha value is -3.16. The number of nitrogens with zero attached hydrogens (tertiary/aromatic N) is 5. The number of pyridine rings is 2. The minimum Gasteiger partial charge on any atom is -0.814 e. The van der Waals surface area contributed by atoms with Crippen LogP contribution in [0.1, 0.15) is 19.4 Å². The van der Waals surface area contributed by atoms with Gasteiger partial charge in [0, 0.05) is 18.9 Å². The van der Waals surface area contributed by atoms with Crippen LogP contribution in [0, 0.1) is 6.07 Å². The van der Waals surface area contributed by atoms with Gasteiger partial charge < -0.3 is 29.9 Å². The van der Waals surface area contributed by atoms with Crippen LogP contribution in [0.3, 0.4) is 0 Å². The van der Waals surface area contributed by atoms with Crippen LogP contribution in [0.25, 0.3) is 22.2 Å². The molecule has 0 fully saturated rings. The van der Waals surface area contributed by atoms with Crippen molar-refractivity contribution in [3.05, 3.63) is 77.3 Å². The number of hydrogen-bond acceptors (Lipinski definition) is 6. The Labute approximate surface area is 222 Å². The van der Waals surface area contributed by atoms with E-state index < -0.39 is 0 Å². The number of aromatic nitrogens is 2. The number of ether oxygens (including phenoxy) is 3. The van der Waals surface area contributed by atoms with Crippen LogP contribution in [-0.4, -0.2) is 62.7 Å². The fourth-order valence-electron chi connectivity index (χ4n) is 2.56. The van der Waals surface area contributed by atoms with Gasteiger partial charge in [0.2, 0.25) is 0 Å². The van der Waals surface area contributed by atoms with E-state index in [4.69, 9.17) is 25.0 Å². The monoisotopic (exact) mass is 566 g/mol. The Balaban J connectivity index is 0. The molecule has 0 radical (unpaired) electrons. The molecule has 9 heteroatoms. The van der Waals surface area contributed by atoms with Crippen molar-refractivity contribution >= 4 is 12.4 Å². The van der Waals surface area contributed by atoms with E-state index in [9.17, 15) is 0 Å². The Morgan fingerprint density at radius 3 is 1.60 bits per heavy atom. The first-order chi connectivity index (χ1) is 16.4. The first-order valence-electron chi connectivity index (χ1n) is 10.4. The summed E-state index contributed by atoms with van der Waals surface area (Å²) < 4.78 is 15.8. The van der Waals surface area contributed by atoms with Gasteiger partial charge in [-0.25, -0.2) is 12.4 Å².